The third kappa shape index (κ3) is 4.79. The SMILES string of the molecule is NS(=O)(=O)c1ccc(N2CCOCC2)c(C(=O)OCc2ccc(F)cc2Cl)c1. The van der Waals surface area contributed by atoms with Gasteiger partial charge in [-0.2, -0.15) is 0 Å². The molecule has 150 valence electrons. The van der Waals surface area contributed by atoms with Gasteiger partial charge in [0.15, 0.2) is 0 Å². The fraction of sp³-hybridized carbons (Fsp3) is 0.278. The van der Waals surface area contributed by atoms with Crippen LogP contribution in [0.15, 0.2) is 41.3 Å². The maximum Gasteiger partial charge on any atom is 0.340 e. The van der Waals surface area contributed by atoms with Gasteiger partial charge in [-0.3, -0.25) is 0 Å². The van der Waals surface area contributed by atoms with E-state index in [1.807, 2.05) is 4.90 Å². The smallest absolute Gasteiger partial charge is 0.340 e. The number of nitrogens with zero attached hydrogens (tertiary/aromatic N) is 1. The van der Waals surface area contributed by atoms with Crippen LogP contribution in [-0.4, -0.2) is 40.7 Å². The standard InChI is InChI=1S/C18H18ClFN2O5S/c19-16-9-13(20)2-1-12(16)11-27-18(23)15-10-14(28(21,24)25)3-4-17(15)22-5-7-26-8-6-22/h1-4,9-10H,5-8,11H2,(H2,21,24,25). The van der Waals surface area contributed by atoms with E-state index in [9.17, 15) is 17.6 Å². The minimum atomic E-state index is -4.00. The van der Waals surface area contributed by atoms with Crippen LogP contribution in [0.25, 0.3) is 0 Å². The molecule has 3 rings (SSSR count). The average Bonchev–Trinajstić information content (AvgIpc) is 2.66. The van der Waals surface area contributed by atoms with Gasteiger partial charge < -0.3 is 14.4 Å². The molecule has 28 heavy (non-hydrogen) atoms. The van der Waals surface area contributed by atoms with E-state index in [4.69, 9.17) is 26.2 Å². The van der Waals surface area contributed by atoms with Crippen molar-refractivity contribution in [3.63, 3.8) is 0 Å². The molecule has 0 unspecified atom stereocenters. The number of halogens is 2. The Morgan fingerprint density at radius 1 is 1.21 bits per heavy atom. The van der Waals surface area contributed by atoms with Crippen molar-refractivity contribution < 1.29 is 27.1 Å². The summed E-state index contributed by atoms with van der Waals surface area (Å²) in [5, 5.41) is 5.31. The summed E-state index contributed by atoms with van der Waals surface area (Å²) in [5.41, 5.74) is 1.00. The first-order valence-corrected chi connectivity index (χ1v) is 10.3. The number of morpholine rings is 1. The van der Waals surface area contributed by atoms with Crippen molar-refractivity contribution in [3.05, 3.63) is 58.4 Å². The lowest BCUT2D eigenvalue weighted by atomic mass is 10.1. The molecule has 0 radical (unpaired) electrons. The molecule has 7 nitrogen and oxygen atoms in total. The van der Waals surface area contributed by atoms with Crippen LogP contribution in [0.5, 0.6) is 0 Å². The van der Waals surface area contributed by atoms with E-state index in [0.29, 0.717) is 37.6 Å². The van der Waals surface area contributed by atoms with Crippen LogP contribution >= 0.6 is 11.6 Å². The predicted molar refractivity (Wildman–Crippen MR) is 101 cm³/mol. The Hall–Kier alpha value is -2.20. The highest BCUT2D eigenvalue weighted by molar-refractivity contribution is 7.89. The van der Waals surface area contributed by atoms with Gasteiger partial charge in [0, 0.05) is 18.7 Å². The molecule has 1 heterocycles. The zero-order valence-electron chi connectivity index (χ0n) is 14.7. The molecule has 1 aliphatic heterocycles. The van der Waals surface area contributed by atoms with Crippen molar-refractivity contribution >= 4 is 33.3 Å². The second kappa shape index (κ2) is 8.44. The van der Waals surface area contributed by atoms with E-state index in [2.05, 4.69) is 0 Å². The highest BCUT2D eigenvalue weighted by Gasteiger charge is 2.23. The molecule has 2 N–H and O–H groups in total. The highest BCUT2D eigenvalue weighted by Crippen LogP contribution is 2.26. The fourth-order valence-corrected chi connectivity index (χ4v) is 3.56. The molecule has 1 fully saturated rings. The van der Waals surface area contributed by atoms with Gasteiger partial charge in [-0.25, -0.2) is 22.7 Å². The van der Waals surface area contributed by atoms with Crippen LogP contribution in [0.2, 0.25) is 5.02 Å². The Balaban J connectivity index is 1.89. The van der Waals surface area contributed by atoms with Crippen molar-refractivity contribution in [1.82, 2.24) is 0 Å². The lowest BCUT2D eigenvalue weighted by Gasteiger charge is -2.30. The second-order valence-electron chi connectivity index (χ2n) is 6.14. The first-order chi connectivity index (χ1) is 13.3. The Labute approximate surface area is 166 Å². The van der Waals surface area contributed by atoms with Crippen LogP contribution in [0.4, 0.5) is 10.1 Å². The maximum absolute atomic E-state index is 13.1. The van der Waals surface area contributed by atoms with Crippen molar-refractivity contribution in [2.75, 3.05) is 31.2 Å². The number of hydrogen-bond donors (Lipinski definition) is 1. The van der Waals surface area contributed by atoms with Gasteiger partial charge in [-0.15, -0.1) is 0 Å². The first-order valence-electron chi connectivity index (χ1n) is 8.36. The Kier molecular flexibility index (Phi) is 6.19. The van der Waals surface area contributed by atoms with Crippen LogP contribution in [0.3, 0.4) is 0 Å². The van der Waals surface area contributed by atoms with Crippen LogP contribution in [0.1, 0.15) is 15.9 Å². The number of rotatable bonds is 5. The van der Waals surface area contributed by atoms with Crippen LogP contribution in [0, 0.1) is 5.82 Å². The molecule has 0 saturated carbocycles. The van der Waals surface area contributed by atoms with Gasteiger partial charge >= 0.3 is 5.97 Å². The molecule has 1 aliphatic rings. The van der Waals surface area contributed by atoms with E-state index in [-0.39, 0.29) is 22.1 Å². The second-order valence-corrected chi connectivity index (χ2v) is 8.10. The third-order valence-corrected chi connectivity index (χ3v) is 5.50. The number of carbonyl (C=O) groups is 1. The van der Waals surface area contributed by atoms with Crippen LogP contribution < -0.4 is 10.0 Å². The maximum atomic E-state index is 13.1. The lowest BCUT2D eigenvalue weighted by molar-refractivity contribution is 0.0472. The summed E-state index contributed by atoms with van der Waals surface area (Å²) < 4.78 is 47.1. The predicted octanol–water partition coefficient (Wildman–Crippen LogP) is 2.32. The summed E-state index contributed by atoms with van der Waals surface area (Å²) in [4.78, 5) is 14.4. The van der Waals surface area contributed by atoms with Crippen molar-refractivity contribution in [3.8, 4) is 0 Å². The summed E-state index contributed by atoms with van der Waals surface area (Å²) in [6.45, 7) is 1.85. The molecule has 0 aliphatic carbocycles. The minimum Gasteiger partial charge on any atom is -0.457 e. The normalized spacial score (nSPS) is 14.8. The van der Waals surface area contributed by atoms with E-state index in [0.717, 1.165) is 6.07 Å². The number of ether oxygens (including phenoxy) is 2. The zero-order valence-corrected chi connectivity index (χ0v) is 16.3. The van der Waals surface area contributed by atoms with Crippen LogP contribution in [-0.2, 0) is 26.1 Å². The van der Waals surface area contributed by atoms with Gasteiger partial charge in [-0.05, 0) is 30.3 Å². The third-order valence-electron chi connectivity index (χ3n) is 4.24. The quantitative estimate of drug-likeness (QED) is 0.734. The van der Waals surface area contributed by atoms with Gasteiger partial charge in [0.2, 0.25) is 10.0 Å². The molecular weight excluding hydrogens is 411 g/mol. The van der Waals surface area contributed by atoms with Crippen molar-refractivity contribution in [2.45, 2.75) is 11.5 Å². The van der Waals surface area contributed by atoms with Gasteiger partial charge in [0.1, 0.15) is 12.4 Å². The van der Waals surface area contributed by atoms with E-state index >= 15 is 0 Å². The number of carbonyl (C=O) groups excluding carboxylic acids is 1. The van der Waals surface area contributed by atoms with Gasteiger partial charge in [0.05, 0.1) is 34.4 Å². The molecule has 10 heteroatoms. The first kappa shape index (κ1) is 20.5. The topological polar surface area (TPSA) is 98.9 Å². The molecule has 2 aromatic rings. The Morgan fingerprint density at radius 3 is 2.57 bits per heavy atom. The molecule has 0 spiro atoms. The summed E-state index contributed by atoms with van der Waals surface area (Å²) in [6, 6.07) is 7.78. The number of sulfonamides is 1. The number of esters is 1. The van der Waals surface area contributed by atoms with Crippen molar-refractivity contribution in [1.29, 1.82) is 0 Å². The fourth-order valence-electron chi connectivity index (χ4n) is 2.80. The lowest BCUT2D eigenvalue weighted by Crippen LogP contribution is -2.37. The Bertz CT molecular complexity index is 993. The number of primary sulfonamides is 1. The van der Waals surface area contributed by atoms with E-state index in [1.54, 1.807) is 0 Å². The molecule has 0 bridgehead atoms. The molecule has 0 atom stereocenters. The van der Waals surface area contributed by atoms with Gasteiger partial charge in [-0.1, -0.05) is 17.7 Å². The minimum absolute atomic E-state index is 0.0617. The molecule has 0 aromatic heterocycles. The summed E-state index contributed by atoms with van der Waals surface area (Å²) in [7, 11) is -4.00. The van der Waals surface area contributed by atoms with E-state index < -0.39 is 21.8 Å². The van der Waals surface area contributed by atoms with Gasteiger partial charge in [0.25, 0.3) is 0 Å². The average molecular weight is 429 g/mol. The Morgan fingerprint density at radius 2 is 1.93 bits per heavy atom. The zero-order chi connectivity index (χ0) is 20.3. The number of anilines is 1. The summed E-state index contributed by atoms with van der Waals surface area (Å²) >= 11 is 5.95. The molecule has 0 amide bonds. The number of nitrogens with two attached hydrogens (primary N) is 1. The number of benzene rings is 2. The van der Waals surface area contributed by atoms with Crippen molar-refractivity contribution in [2.24, 2.45) is 5.14 Å². The monoisotopic (exact) mass is 428 g/mol. The molecular formula is C18H18ClFN2O5S. The highest BCUT2D eigenvalue weighted by atomic mass is 35.5. The summed E-state index contributed by atoms with van der Waals surface area (Å²) in [6.07, 6.45) is 0. The largest absolute Gasteiger partial charge is 0.457 e. The number of hydrogen-bond acceptors (Lipinski definition) is 6. The van der Waals surface area contributed by atoms with E-state index in [1.165, 1.54) is 30.3 Å². The molecule has 1 saturated heterocycles. The molecule has 2 aromatic carbocycles. The summed E-state index contributed by atoms with van der Waals surface area (Å²) in [5.74, 6) is -1.25.